The van der Waals surface area contributed by atoms with Crippen molar-refractivity contribution < 1.29 is 0 Å². The van der Waals surface area contributed by atoms with Gasteiger partial charge >= 0.3 is 0 Å². The molecule has 102 valence electrons. The molecule has 0 saturated carbocycles. The lowest BCUT2D eigenvalue weighted by atomic mass is 10.7. The Labute approximate surface area is 110 Å². The molecular weight excluding hydrogens is 240 g/mol. The Morgan fingerprint density at radius 3 is 1.59 bits per heavy atom. The minimum absolute atomic E-state index is 1.07. The van der Waals surface area contributed by atoms with Gasteiger partial charge in [-0.05, 0) is 49.9 Å². The molecule has 2 nitrogen and oxygen atoms in total. The highest BCUT2D eigenvalue weighted by Crippen LogP contribution is 2.44. The van der Waals surface area contributed by atoms with E-state index in [-0.39, 0.29) is 0 Å². The Balaban J connectivity index is 2.95. The lowest BCUT2D eigenvalue weighted by molar-refractivity contribution is 0.576. The fourth-order valence-corrected chi connectivity index (χ4v) is 19.9. The van der Waals surface area contributed by atoms with Gasteiger partial charge in [0.1, 0.15) is 16.5 Å². The van der Waals surface area contributed by atoms with E-state index in [4.69, 9.17) is 0 Å². The second-order valence-electron chi connectivity index (χ2n) is 5.62. The van der Waals surface area contributed by atoms with E-state index in [1.54, 1.807) is 12.1 Å². The minimum atomic E-state index is -1.07. The Kier molecular flexibility index (Phi) is 5.89. The molecule has 0 aliphatic carbocycles. The second kappa shape index (κ2) is 6.50. The molecule has 0 aromatic carbocycles. The zero-order valence-corrected chi connectivity index (χ0v) is 14.6. The van der Waals surface area contributed by atoms with Gasteiger partial charge in [0, 0.05) is 6.54 Å². The van der Waals surface area contributed by atoms with Crippen molar-refractivity contribution in [3.63, 3.8) is 0 Å². The number of hydrogen-bond donors (Lipinski definition) is 1. The van der Waals surface area contributed by atoms with E-state index in [1.807, 2.05) is 0 Å². The Hall–Kier alpha value is 0.354. The quantitative estimate of drug-likeness (QED) is 0.714. The van der Waals surface area contributed by atoms with Gasteiger partial charge in [-0.1, -0.05) is 27.7 Å². The molecule has 0 amide bonds. The summed E-state index contributed by atoms with van der Waals surface area (Å²) < 4.78 is 3.14. The molecule has 0 aromatic heterocycles. The average molecular weight is 273 g/mol. The van der Waals surface area contributed by atoms with Crippen LogP contribution >= 0.6 is 0 Å². The van der Waals surface area contributed by atoms with E-state index < -0.39 is 16.5 Å². The first-order valence-corrected chi connectivity index (χ1v) is 12.7. The highest BCUT2D eigenvalue weighted by atomic mass is 28.4. The standard InChI is InChI=1S/C13H32N2Si2/c1-6-16(7-2)12-13-17(8-3,9-4)15(16)11-10-14-5/h14H,6-13H2,1-5H3. The van der Waals surface area contributed by atoms with Crippen LogP contribution in [0.3, 0.4) is 0 Å². The van der Waals surface area contributed by atoms with E-state index in [9.17, 15) is 0 Å². The largest absolute Gasteiger partial charge is 0.344 e. The lowest BCUT2D eigenvalue weighted by Gasteiger charge is -2.45. The molecular formula is C13H32N2Si2. The summed E-state index contributed by atoms with van der Waals surface area (Å²) in [5.74, 6) is 0. The van der Waals surface area contributed by atoms with Crippen molar-refractivity contribution in [2.24, 2.45) is 0 Å². The molecule has 1 aliphatic heterocycles. The van der Waals surface area contributed by atoms with Crippen molar-refractivity contribution in [1.82, 2.24) is 9.55 Å². The summed E-state index contributed by atoms with van der Waals surface area (Å²) >= 11 is 0. The number of rotatable bonds is 7. The zero-order chi connectivity index (χ0) is 12.9. The summed E-state index contributed by atoms with van der Waals surface area (Å²) in [5, 5.41) is 3.37. The normalized spacial score (nSPS) is 23.1. The van der Waals surface area contributed by atoms with Crippen LogP contribution in [0.15, 0.2) is 0 Å². The molecule has 1 rings (SSSR count). The molecule has 17 heavy (non-hydrogen) atoms. The zero-order valence-electron chi connectivity index (χ0n) is 12.6. The van der Waals surface area contributed by atoms with Crippen LogP contribution in [0.4, 0.5) is 0 Å². The minimum Gasteiger partial charge on any atom is -0.344 e. The first-order chi connectivity index (χ1) is 8.14. The van der Waals surface area contributed by atoms with E-state index in [2.05, 4.69) is 44.3 Å². The highest BCUT2D eigenvalue weighted by Gasteiger charge is 2.53. The number of nitrogens with zero attached hydrogens (tertiary/aromatic N) is 1. The highest BCUT2D eigenvalue weighted by molar-refractivity contribution is 6.97. The smallest absolute Gasteiger partial charge is 0.121 e. The van der Waals surface area contributed by atoms with Crippen LogP contribution in [-0.2, 0) is 0 Å². The predicted molar refractivity (Wildman–Crippen MR) is 83.7 cm³/mol. The van der Waals surface area contributed by atoms with Crippen LogP contribution in [0.25, 0.3) is 0 Å². The maximum atomic E-state index is 3.37. The van der Waals surface area contributed by atoms with Crippen LogP contribution in [0.2, 0.25) is 36.3 Å². The fraction of sp³-hybridized carbons (Fsp3) is 1.00. The van der Waals surface area contributed by atoms with Crippen molar-refractivity contribution in [2.45, 2.75) is 64.0 Å². The summed E-state index contributed by atoms with van der Waals surface area (Å²) in [6.07, 6.45) is 0. The fourth-order valence-electron chi connectivity index (χ4n) is 3.91. The third-order valence-electron chi connectivity index (χ3n) is 5.42. The van der Waals surface area contributed by atoms with E-state index in [1.165, 1.54) is 37.3 Å². The van der Waals surface area contributed by atoms with Crippen LogP contribution in [-0.4, -0.2) is 40.8 Å². The first-order valence-electron chi connectivity index (χ1n) is 7.57. The van der Waals surface area contributed by atoms with Crippen molar-refractivity contribution in [3.8, 4) is 0 Å². The molecule has 1 saturated heterocycles. The summed E-state index contributed by atoms with van der Waals surface area (Å²) in [5.41, 5.74) is 0. The first kappa shape index (κ1) is 15.4. The Morgan fingerprint density at radius 1 is 0.882 bits per heavy atom. The molecule has 4 heteroatoms. The number of hydrogen-bond acceptors (Lipinski definition) is 2. The van der Waals surface area contributed by atoms with Crippen molar-refractivity contribution in [3.05, 3.63) is 0 Å². The topological polar surface area (TPSA) is 15.3 Å². The molecule has 0 radical (unpaired) electrons. The molecule has 0 spiro atoms. The summed E-state index contributed by atoms with van der Waals surface area (Å²) in [4.78, 5) is 0. The Bertz CT molecular complexity index is 205. The Morgan fingerprint density at radius 2 is 1.29 bits per heavy atom. The van der Waals surface area contributed by atoms with Gasteiger partial charge in [-0.3, -0.25) is 0 Å². The average Bonchev–Trinajstić information content (AvgIpc) is 2.71. The lowest BCUT2D eigenvalue weighted by Crippen LogP contribution is -2.60. The molecule has 0 atom stereocenters. The van der Waals surface area contributed by atoms with E-state index in [0.29, 0.717) is 0 Å². The summed E-state index contributed by atoms with van der Waals surface area (Å²) in [6.45, 7) is 12.3. The molecule has 0 aromatic rings. The SMILES string of the molecule is CC[Si]1(CC)CC[Si](CC)(CC)N1CCNC. The molecule has 1 fully saturated rings. The van der Waals surface area contributed by atoms with Crippen molar-refractivity contribution >= 4 is 16.5 Å². The van der Waals surface area contributed by atoms with Crippen molar-refractivity contribution in [2.75, 3.05) is 20.1 Å². The maximum Gasteiger partial charge on any atom is 0.121 e. The molecule has 0 bridgehead atoms. The maximum absolute atomic E-state index is 3.37. The van der Waals surface area contributed by atoms with Gasteiger partial charge < -0.3 is 9.55 Å². The van der Waals surface area contributed by atoms with Gasteiger partial charge in [0.05, 0.1) is 0 Å². The monoisotopic (exact) mass is 272 g/mol. The molecule has 1 aliphatic rings. The third kappa shape index (κ3) is 2.70. The molecule has 1 heterocycles. The summed E-state index contributed by atoms with van der Waals surface area (Å²) in [7, 11) is -0.0429. The van der Waals surface area contributed by atoms with Gasteiger partial charge in [0.15, 0.2) is 0 Å². The summed E-state index contributed by atoms with van der Waals surface area (Å²) in [6, 6.07) is 9.09. The van der Waals surface area contributed by atoms with Gasteiger partial charge in [-0.2, -0.15) is 0 Å². The van der Waals surface area contributed by atoms with Crippen LogP contribution < -0.4 is 5.32 Å². The van der Waals surface area contributed by atoms with Crippen LogP contribution in [0.5, 0.6) is 0 Å². The van der Waals surface area contributed by atoms with E-state index >= 15 is 0 Å². The van der Waals surface area contributed by atoms with Gasteiger partial charge in [-0.25, -0.2) is 0 Å². The van der Waals surface area contributed by atoms with E-state index in [0.717, 1.165) is 0 Å². The van der Waals surface area contributed by atoms with Crippen molar-refractivity contribution in [1.29, 1.82) is 0 Å². The van der Waals surface area contributed by atoms with Gasteiger partial charge in [-0.15, -0.1) is 0 Å². The van der Waals surface area contributed by atoms with Crippen LogP contribution in [0.1, 0.15) is 27.7 Å². The third-order valence-corrected chi connectivity index (χ3v) is 19.1. The molecule has 1 N–H and O–H groups in total. The van der Waals surface area contributed by atoms with Gasteiger partial charge in [0.2, 0.25) is 0 Å². The van der Waals surface area contributed by atoms with Crippen LogP contribution in [0, 0.1) is 0 Å². The second-order valence-corrected chi connectivity index (χ2v) is 15.9. The predicted octanol–water partition coefficient (Wildman–Crippen LogP) is 3.49. The molecule has 0 unspecified atom stereocenters. The van der Waals surface area contributed by atoms with Gasteiger partial charge in [0.25, 0.3) is 0 Å². The number of likely N-dealkylation sites (N-methyl/N-ethyl adjacent to an activating group) is 1. The number of nitrogens with one attached hydrogen (secondary N) is 1.